The van der Waals surface area contributed by atoms with Gasteiger partial charge < -0.3 is 15.4 Å². The molecule has 0 aliphatic heterocycles. The predicted octanol–water partition coefficient (Wildman–Crippen LogP) is 1.11. The van der Waals surface area contributed by atoms with Crippen molar-refractivity contribution >= 4 is 22.7 Å². The van der Waals surface area contributed by atoms with Crippen molar-refractivity contribution in [3.63, 3.8) is 0 Å². The Bertz CT molecular complexity index is 670. The number of rotatable bonds is 5. The van der Waals surface area contributed by atoms with E-state index in [2.05, 4.69) is 15.6 Å². The Hall–Kier alpha value is -2.63. The van der Waals surface area contributed by atoms with E-state index >= 15 is 0 Å². The van der Waals surface area contributed by atoms with Crippen molar-refractivity contribution in [1.82, 2.24) is 15.6 Å². The smallest absolute Gasteiger partial charge is 0.269 e. The Labute approximate surface area is 122 Å². The lowest BCUT2D eigenvalue weighted by molar-refractivity contribution is -0.118. The molecular weight excluding hydrogens is 270 g/mol. The third kappa shape index (κ3) is 3.92. The fourth-order valence-corrected chi connectivity index (χ4v) is 1.86. The summed E-state index contributed by atoms with van der Waals surface area (Å²) in [5.41, 5.74) is 1.07. The van der Waals surface area contributed by atoms with Crippen molar-refractivity contribution in [2.45, 2.75) is 6.92 Å². The first-order chi connectivity index (χ1) is 10.1. The Morgan fingerprint density at radius 1 is 1.14 bits per heavy atom. The van der Waals surface area contributed by atoms with E-state index in [0.717, 1.165) is 16.7 Å². The molecule has 0 radical (unpaired) electrons. The van der Waals surface area contributed by atoms with Crippen LogP contribution in [0.15, 0.2) is 30.3 Å². The molecule has 2 amide bonds. The first kappa shape index (κ1) is 14.8. The number of aromatic nitrogens is 1. The molecule has 0 atom stereocenters. The van der Waals surface area contributed by atoms with Gasteiger partial charge in [0.1, 0.15) is 11.4 Å². The van der Waals surface area contributed by atoms with Gasteiger partial charge in [-0.2, -0.15) is 0 Å². The lowest BCUT2D eigenvalue weighted by Gasteiger charge is -2.07. The van der Waals surface area contributed by atoms with Crippen molar-refractivity contribution < 1.29 is 14.3 Å². The monoisotopic (exact) mass is 287 g/mol. The number of nitrogens with one attached hydrogen (secondary N) is 2. The first-order valence-corrected chi connectivity index (χ1v) is 6.57. The average Bonchev–Trinajstić information content (AvgIpc) is 2.50. The number of carbonyl (C=O) groups is 2. The number of pyridine rings is 1. The quantitative estimate of drug-likeness (QED) is 0.807. The summed E-state index contributed by atoms with van der Waals surface area (Å²) in [4.78, 5) is 27.0. The summed E-state index contributed by atoms with van der Waals surface area (Å²) in [5, 5.41) is 6.21. The summed E-state index contributed by atoms with van der Waals surface area (Å²) in [6.07, 6.45) is 0. The van der Waals surface area contributed by atoms with E-state index in [4.69, 9.17) is 4.74 Å². The molecule has 0 aliphatic rings. The fraction of sp³-hybridized carbons (Fsp3) is 0.267. The normalized spacial score (nSPS) is 10.2. The number of fused-ring (bicyclic) bond motifs is 1. The molecule has 1 heterocycles. The molecule has 0 saturated heterocycles. The predicted molar refractivity (Wildman–Crippen MR) is 79.3 cm³/mol. The molecule has 6 heteroatoms. The number of amides is 2. The molecule has 0 spiro atoms. The summed E-state index contributed by atoms with van der Waals surface area (Å²) < 4.78 is 5.14. The zero-order chi connectivity index (χ0) is 15.2. The molecule has 1 aromatic heterocycles. The molecule has 0 unspecified atom stereocenters. The van der Waals surface area contributed by atoms with E-state index in [1.165, 1.54) is 6.92 Å². The van der Waals surface area contributed by atoms with Crippen LogP contribution in [0.1, 0.15) is 17.4 Å². The average molecular weight is 287 g/mol. The van der Waals surface area contributed by atoms with Crippen molar-refractivity contribution in [1.29, 1.82) is 0 Å². The highest BCUT2D eigenvalue weighted by Crippen LogP contribution is 2.19. The molecule has 6 nitrogen and oxygen atoms in total. The lowest BCUT2D eigenvalue weighted by atomic mass is 10.2. The maximum absolute atomic E-state index is 11.9. The van der Waals surface area contributed by atoms with Gasteiger partial charge in [-0.3, -0.25) is 9.59 Å². The summed E-state index contributed by atoms with van der Waals surface area (Å²) in [7, 11) is 1.60. The van der Waals surface area contributed by atoms with Gasteiger partial charge in [0.05, 0.1) is 12.6 Å². The van der Waals surface area contributed by atoms with Crippen molar-refractivity contribution in [2.75, 3.05) is 20.2 Å². The van der Waals surface area contributed by atoms with Crippen LogP contribution in [0.2, 0.25) is 0 Å². The minimum Gasteiger partial charge on any atom is -0.497 e. The van der Waals surface area contributed by atoms with Crippen LogP contribution < -0.4 is 15.4 Å². The zero-order valence-corrected chi connectivity index (χ0v) is 12.0. The number of hydrogen-bond donors (Lipinski definition) is 2. The van der Waals surface area contributed by atoms with Gasteiger partial charge in [-0.15, -0.1) is 0 Å². The number of methoxy groups -OCH3 is 1. The van der Waals surface area contributed by atoms with Gasteiger partial charge in [0, 0.05) is 25.4 Å². The largest absolute Gasteiger partial charge is 0.497 e. The zero-order valence-electron chi connectivity index (χ0n) is 12.0. The van der Waals surface area contributed by atoms with Crippen molar-refractivity contribution in [3.05, 3.63) is 36.0 Å². The van der Waals surface area contributed by atoms with Crippen molar-refractivity contribution in [2.24, 2.45) is 0 Å². The third-order valence-electron chi connectivity index (χ3n) is 2.91. The highest BCUT2D eigenvalue weighted by Gasteiger charge is 2.08. The Balaban J connectivity index is 2.04. The number of carbonyl (C=O) groups excluding carboxylic acids is 2. The second-order valence-electron chi connectivity index (χ2n) is 4.49. The molecule has 2 aromatic rings. The van der Waals surface area contributed by atoms with Crippen LogP contribution in [0.3, 0.4) is 0 Å². The summed E-state index contributed by atoms with van der Waals surface area (Å²) in [5.74, 6) is 0.358. The standard InChI is InChI=1S/C15H17N3O3/c1-10(19)16-7-8-17-15(20)14-5-3-11-9-12(21-2)4-6-13(11)18-14/h3-6,9H,7-8H2,1-2H3,(H,16,19)(H,17,20). The topological polar surface area (TPSA) is 80.3 Å². The molecule has 0 saturated carbocycles. The second-order valence-corrected chi connectivity index (χ2v) is 4.49. The van der Waals surface area contributed by atoms with Crippen LogP contribution in [-0.4, -0.2) is 37.0 Å². The molecule has 21 heavy (non-hydrogen) atoms. The first-order valence-electron chi connectivity index (χ1n) is 6.57. The fourth-order valence-electron chi connectivity index (χ4n) is 1.86. The molecular formula is C15H17N3O3. The highest BCUT2D eigenvalue weighted by molar-refractivity contribution is 5.95. The molecule has 0 bridgehead atoms. The maximum Gasteiger partial charge on any atom is 0.269 e. The van der Waals surface area contributed by atoms with E-state index in [1.807, 2.05) is 18.2 Å². The lowest BCUT2D eigenvalue weighted by Crippen LogP contribution is -2.33. The molecule has 2 rings (SSSR count). The van der Waals surface area contributed by atoms with Gasteiger partial charge in [0.2, 0.25) is 5.91 Å². The van der Waals surface area contributed by atoms with Gasteiger partial charge in [-0.25, -0.2) is 4.98 Å². The number of ether oxygens (including phenoxy) is 1. The van der Waals surface area contributed by atoms with E-state index < -0.39 is 0 Å². The Morgan fingerprint density at radius 3 is 2.62 bits per heavy atom. The van der Waals surface area contributed by atoms with E-state index in [0.29, 0.717) is 18.8 Å². The highest BCUT2D eigenvalue weighted by atomic mass is 16.5. The van der Waals surface area contributed by atoms with Crippen LogP contribution in [0.25, 0.3) is 10.9 Å². The molecule has 2 N–H and O–H groups in total. The molecule has 110 valence electrons. The SMILES string of the molecule is COc1ccc2nc(C(=O)NCCNC(C)=O)ccc2c1. The maximum atomic E-state index is 11.9. The van der Waals surface area contributed by atoms with Gasteiger partial charge in [-0.1, -0.05) is 6.07 Å². The molecule has 1 aromatic carbocycles. The molecule has 0 aliphatic carbocycles. The van der Waals surface area contributed by atoms with Crippen LogP contribution >= 0.6 is 0 Å². The van der Waals surface area contributed by atoms with Crippen molar-refractivity contribution in [3.8, 4) is 5.75 Å². The van der Waals surface area contributed by atoms with E-state index in [9.17, 15) is 9.59 Å². The summed E-state index contributed by atoms with van der Waals surface area (Å²) >= 11 is 0. The number of benzene rings is 1. The van der Waals surface area contributed by atoms with Crippen LogP contribution in [0.4, 0.5) is 0 Å². The van der Waals surface area contributed by atoms with Crippen LogP contribution in [0.5, 0.6) is 5.75 Å². The van der Waals surface area contributed by atoms with Gasteiger partial charge in [-0.05, 0) is 24.3 Å². The van der Waals surface area contributed by atoms with Crippen LogP contribution in [0, 0.1) is 0 Å². The molecule has 0 fully saturated rings. The summed E-state index contributed by atoms with van der Waals surface area (Å²) in [6, 6.07) is 8.96. The van der Waals surface area contributed by atoms with Gasteiger partial charge >= 0.3 is 0 Å². The number of hydrogen-bond acceptors (Lipinski definition) is 4. The minimum atomic E-state index is -0.266. The van der Waals surface area contributed by atoms with E-state index in [-0.39, 0.29) is 11.8 Å². The van der Waals surface area contributed by atoms with Gasteiger partial charge in [0.25, 0.3) is 5.91 Å². The Kier molecular flexibility index (Phi) is 4.71. The van der Waals surface area contributed by atoms with Crippen LogP contribution in [-0.2, 0) is 4.79 Å². The summed E-state index contributed by atoms with van der Waals surface area (Å²) in [6.45, 7) is 2.19. The minimum absolute atomic E-state index is 0.123. The third-order valence-corrected chi connectivity index (χ3v) is 2.91. The Morgan fingerprint density at radius 2 is 1.90 bits per heavy atom. The van der Waals surface area contributed by atoms with Gasteiger partial charge in [0.15, 0.2) is 0 Å². The van der Waals surface area contributed by atoms with E-state index in [1.54, 1.807) is 19.2 Å². The second kappa shape index (κ2) is 6.69. The number of nitrogens with zero attached hydrogens (tertiary/aromatic N) is 1.